The van der Waals surface area contributed by atoms with E-state index in [1.807, 2.05) is 0 Å². The fourth-order valence-corrected chi connectivity index (χ4v) is 2.54. The highest BCUT2D eigenvalue weighted by Gasteiger charge is 2.11. The number of pyridine rings is 1. The van der Waals surface area contributed by atoms with Gasteiger partial charge in [-0.3, -0.25) is 0 Å². The Labute approximate surface area is 127 Å². The Morgan fingerprint density at radius 1 is 1.40 bits per heavy atom. The van der Waals surface area contributed by atoms with Crippen molar-refractivity contribution >= 4 is 45.0 Å². The minimum Gasteiger partial charge on any atom is -0.478 e. The predicted molar refractivity (Wildman–Crippen MR) is 78.3 cm³/mol. The molecule has 104 valence electrons. The number of aromatic carboxylic acids is 1. The lowest BCUT2D eigenvalue weighted by molar-refractivity contribution is 0.0696. The smallest absolute Gasteiger partial charge is 0.335 e. The summed E-state index contributed by atoms with van der Waals surface area (Å²) in [5, 5.41) is 12.1. The number of nitrogens with zero attached hydrogens (tertiary/aromatic N) is 1. The van der Waals surface area contributed by atoms with E-state index in [2.05, 4.69) is 26.2 Å². The number of hydrogen-bond donors (Lipinski definition) is 2. The molecule has 0 spiro atoms. The number of benzene rings is 1. The van der Waals surface area contributed by atoms with Crippen LogP contribution in [0, 0.1) is 12.7 Å². The number of aromatic nitrogens is 1. The van der Waals surface area contributed by atoms with Crippen LogP contribution in [0.1, 0.15) is 16.1 Å². The molecule has 4 nitrogen and oxygen atoms in total. The Bertz CT molecular complexity index is 671. The second-order valence-electron chi connectivity index (χ2n) is 4.06. The van der Waals surface area contributed by atoms with Gasteiger partial charge in [-0.1, -0.05) is 11.6 Å². The average molecular weight is 360 g/mol. The molecule has 2 rings (SSSR count). The van der Waals surface area contributed by atoms with Gasteiger partial charge in [0.1, 0.15) is 11.6 Å². The Kier molecular flexibility index (Phi) is 4.25. The van der Waals surface area contributed by atoms with Gasteiger partial charge in [0.05, 0.1) is 16.3 Å². The van der Waals surface area contributed by atoms with Crippen LogP contribution >= 0.6 is 27.5 Å². The average Bonchev–Trinajstić information content (AvgIpc) is 2.33. The molecule has 0 amide bonds. The first kappa shape index (κ1) is 14.7. The molecule has 2 N–H and O–H groups in total. The van der Waals surface area contributed by atoms with Crippen LogP contribution in [0.4, 0.5) is 15.9 Å². The van der Waals surface area contributed by atoms with E-state index in [0.717, 1.165) is 6.07 Å². The molecule has 0 aliphatic rings. The van der Waals surface area contributed by atoms with E-state index in [1.54, 1.807) is 6.92 Å². The van der Waals surface area contributed by atoms with Crippen molar-refractivity contribution in [1.82, 2.24) is 4.98 Å². The number of rotatable bonds is 3. The first-order valence-electron chi connectivity index (χ1n) is 5.50. The summed E-state index contributed by atoms with van der Waals surface area (Å²) in [4.78, 5) is 15.2. The molecular formula is C13H9BrClFN2O2. The number of halogens is 3. The summed E-state index contributed by atoms with van der Waals surface area (Å²) in [7, 11) is 0. The second kappa shape index (κ2) is 5.76. The first-order chi connectivity index (χ1) is 9.36. The highest BCUT2D eigenvalue weighted by atomic mass is 79.9. The lowest BCUT2D eigenvalue weighted by Gasteiger charge is -2.11. The summed E-state index contributed by atoms with van der Waals surface area (Å²) in [5.41, 5.74) is 1.07. The zero-order chi connectivity index (χ0) is 14.9. The lowest BCUT2D eigenvalue weighted by atomic mass is 10.2. The van der Waals surface area contributed by atoms with Gasteiger partial charge in [0.2, 0.25) is 0 Å². The highest BCUT2D eigenvalue weighted by Crippen LogP contribution is 2.33. The van der Waals surface area contributed by atoms with Crippen molar-refractivity contribution in [2.24, 2.45) is 0 Å². The molecule has 1 heterocycles. The zero-order valence-electron chi connectivity index (χ0n) is 10.2. The standard InChI is InChI=1S/C13H9BrClFN2O2/c1-6-2-7(13(19)20)3-11(17-6)18-12-9(14)4-8(16)5-10(12)15/h2-5H,1H3,(H,17,18)(H,19,20). The van der Waals surface area contributed by atoms with Gasteiger partial charge in [-0.05, 0) is 47.1 Å². The third-order valence-electron chi connectivity index (χ3n) is 2.46. The fourth-order valence-electron chi connectivity index (χ4n) is 1.65. The number of anilines is 2. The van der Waals surface area contributed by atoms with Gasteiger partial charge in [-0.2, -0.15) is 0 Å². The predicted octanol–water partition coefficient (Wildman–Crippen LogP) is 4.39. The maximum Gasteiger partial charge on any atom is 0.335 e. The molecule has 0 unspecified atom stereocenters. The van der Waals surface area contributed by atoms with Gasteiger partial charge >= 0.3 is 5.97 Å². The molecule has 0 bridgehead atoms. The van der Waals surface area contributed by atoms with Crippen molar-refractivity contribution in [3.05, 3.63) is 50.8 Å². The molecule has 1 aromatic carbocycles. The van der Waals surface area contributed by atoms with Crippen molar-refractivity contribution in [3.8, 4) is 0 Å². The monoisotopic (exact) mass is 358 g/mol. The normalized spacial score (nSPS) is 10.4. The maximum atomic E-state index is 13.1. The number of aryl methyl sites for hydroxylation is 1. The summed E-state index contributed by atoms with van der Waals surface area (Å²) >= 11 is 9.14. The van der Waals surface area contributed by atoms with Crippen molar-refractivity contribution in [2.45, 2.75) is 6.92 Å². The highest BCUT2D eigenvalue weighted by molar-refractivity contribution is 9.10. The number of carboxylic acids is 1. The molecule has 20 heavy (non-hydrogen) atoms. The lowest BCUT2D eigenvalue weighted by Crippen LogP contribution is -2.02. The van der Waals surface area contributed by atoms with Gasteiger partial charge in [0.25, 0.3) is 0 Å². The van der Waals surface area contributed by atoms with Crippen molar-refractivity contribution in [2.75, 3.05) is 5.32 Å². The van der Waals surface area contributed by atoms with Crippen LogP contribution in [-0.4, -0.2) is 16.1 Å². The SMILES string of the molecule is Cc1cc(C(=O)O)cc(Nc2c(Cl)cc(F)cc2Br)n1. The summed E-state index contributed by atoms with van der Waals surface area (Å²) in [6, 6.07) is 5.24. The summed E-state index contributed by atoms with van der Waals surface area (Å²) < 4.78 is 13.6. The Balaban J connectivity index is 2.42. The maximum absolute atomic E-state index is 13.1. The Hall–Kier alpha value is -1.66. The number of hydrogen-bond acceptors (Lipinski definition) is 3. The van der Waals surface area contributed by atoms with Crippen LogP contribution in [0.3, 0.4) is 0 Å². The quantitative estimate of drug-likeness (QED) is 0.853. The minimum absolute atomic E-state index is 0.106. The summed E-state index contributed by atoms with van der Waals surface area (Å²) in [6.45, 7) is 1.68. The molecular weight excluding hydrogens is 351 g/mol. The van der Waals surface area contributed by atoms with Gasteiger partial charge < -0.3 is 10.4 Å². The fraction of sp³-hybridized carbons (Fsp3) is 0.0769. The number of nitrogens with one attached hydrogen (secondary N) is 1. The number of carbonyl (C=O) groups is 1. The van der Waals surface area contributed by atoms with Crippen molar-refractivity contribution in [1.29, 1.82) is 0 Å². The van der Waals surface area contributed by atoms with Gasteiger partial charge in [-0.15, -0.1) is 0 Å². The van der Waals surface area contributed by atoms with Crippen LogP contribution < -0.4 is 5.32 Å². The third-order valence-corrected chi connectivity index (χ3v) is 3.38. The molecule has 2 aromatic rings. The Morgan fingerprint density at radius 3 is 2.70 bits per heavy atom. The van der Waals surface area contributed by atoms with E-state index < -0.39 is 11.8 Å². The van der Waals surface area contributed by atoms with Gasteiger partial charge in [-0.25, -0.2) is 14.2 Å². The molecule has 1 aromatic heterocycles. The first-order valence-corrected chi connectivity index (χ1v) is 6.67. The van der Waals surface area contributed by atoms with E-state index in [9.17, 15) is 9.18 Å². The van der Waals surface area contributed by atoms with Crippen LogP contribution in [0.15, 0.2) is 28.7 Å². The number of carboxylic acid groups (broad SMARTS) is 1. The molecule has 7 heteroatoms. The molecule has 0 radical (unpaired) electrons. The van der Waals surface area contributed by atoms with Crippen LogP contribution in [0.25, 0.3) is 0 Å². The van der Waals surface area contributed by atoms with E-state index in [1.165, 1.54) is 18.2 Å². The van der Waals surface area contributed by atoms with E-state index in [4.69, 9.17) is 16.7 Å². The van der Waals surface area contributed by atoms with Crippen LogP contribution in [-0.2, 0) is 0 Å². The van der Waals surface area contributed by atoms with E-state index in [-0.39, 0.29) is 10.6 Å². The van der Waals surface area contributed by atoms with Gasteiger partial charge in [0.15, 0.2) is 0 Å². The molecule has 0 aliphatic carbocycles. The molecule has 0 fully saturated rings. The summed E-state index contributed by atoms with van der Waals surface area (Å²) in [5.74, 6) is -1.21. The minimum atomic E-state index is -1.05. The van der Waals surface area contributed by atoms with Crippen LogP contribution in [0.5, 0.6) is 0 Å². The van der Waals surface area contributed by atoms with Crippen LogP contribution in [0.2, 0.25) is 5.02 Å². The molecule has 0 saturated heterocycles. The topological polar surface area (TPSA) is 62.2 Å². The second-order valence-corrected chi connectivity index (χ2v) is 5.32. The van der Waals surface area contributed by atoms with E-state index in [0.29, 0.717) is 21.7 Å². The summed E-state index contributed by atoms with van der Waals surface area (Å²) in [6.07, 6.45) is 0. The Morgan fingerprint density at radius 2 is 2.10 bits per heavy atom. The molecule has 0 atom stereocenters. The van der Waals surface area contributed by atoms with Crippen molar-refractivity contribution < 1.29 is 14.3 Å². The zero-order valence-corrected chi connectivity index (χ0v) is 12.6. The van der Waals surface area contributed by atoms with Gasteiger partial charge in [0, 0.05) is 10.2 Å². The van der Waals surface area contributed by atoms with E-state index >= 15 is 0 Å². The van der Waals surface area contributed by atoms with Crippen molar-refractivity contribution in [3.63, 3.8) is 0 Å². The molecule has 0 aliphatic heterocycles. The largest absolute Gasteiger partial charge is 0.478 e. The third kappa shape index (κ3) is 3.26. The molecule has 0 saturated carbocycles.